The lowest BCUT2D eigenvalue weighted by molar-refractivity contribution is 0.102. The van der Waals surface area contributed by atoms with E-state index in [0.717, 1.165) is 11.4 Å². The predicted molar refractivity (Wildman–Crippen MR) is 83.0 cm³/mol. The Kier molecular flexibility index (Phi) is 4.74. The van der Waals surface area contributed by atoms with Crippen molar-refractivity contribution in [2.24, 2.45) is 0 Å². The highest BCUT2D eigenvalue weighted by Gasteiger charge is 2.10. The normalized spacial score (nSPS) is 10.3. The zero-order valence-electron chi connectivity index (χ0n) is 11.8. The Morgan fingerprint density at radius 3 is 2.35 bits per heavy atom. The molecule has 2 N–H and O–H groups in total. The second-order valence-corrected chi connectivity index (χ2v) is 4.78. The molecule has 0 aromatic heterocycles. The number of hydrogen-bond acceptors (Lipinski definition) is 3. The number of carbonyl (C=O) groups is 1. The van der Waals surface area contributed by atoms with E-state index in [4.69, 9.17) is 0 Å². The van der Waals surface area contributed by atoms with Gasteiger partial charge in [0.05, 0.1) is 12.2 Å². The van der Waals surface area contributed by atoms with Gasteiger partial charge in [0, 0.05) is 11.4 Å². The lowest BCUT2D eigenvalue weighted by Gasteiger charge is -2.15. The second-order valence-electron chi connectivity index (χ2n) is 4.78. The molecule has 2 aromatic rings. The van der Waals surface area contributed by atoms with Crippen LogP contribution in [-0.2, 0) is 0 Å². The van der Waals surface area contributed by atoms with Crippen LogP contribution >= 0.6 is 0 Å². The van der Waals surface area contributed by atoms with Gasteiger partial charge in [-0.2, -0.15) is 0 Å². The quantitative estimate of drug-likeness (QED) is 0.820. The van der Waals surface area contributed by atoms with Crippen molar-refractivity contribution in [1.82, 2.24) is 4.90 Å². The first kappa shape index (κ1) is 14.1. The van der Waals surface area contributed by atoms with E-state index >= 15 is 0 Å². The minimum absolute atomic E-state index is 0.113. The standard InChI is InChI=1S/C16H19N3O/c1-19(2)12-17-15-11-7-6-10-14(15)16(20)18-13-8-4-3-5-9-13/h3-11,17H,12H2,1-2H3,(H,18,20). The SMILES string of the molecule is CN(C)CNc1ccccc1C(=O)Nc1ccccc1. The number of nitrogens with zero attached hydrogens (tertiary/aromatic N) is 1. The van der Waals surface area contributed by atoms with Gasteiger partial charge in [-0.25, -0.2) is 0 Å². The topological polar surface area (TPSA) is 44.4 Å². The van der Waals surface area contributed by atoms with E-state index in [1.807, 2.05) is 73.6 Å². The minimum Gasteiger partial charge on any atom is -0.372 e. The minimum atomic E-state index is -0.113. The van der Waals surface area contributed by atoms with Crippen molar-refractivity contribution in [1.29, 1.82) is 0 Å². The van der Waals surface area contributed by atoms with Crippen molar-refractivity contribution < 1.29 is 4.79 Å². The van der Waals surface area contributed by atoms with Crippen molar-refractivity contribution in [3.05, 3.63) is 60.2 Å². The third kappa shape index (κ3) is 3.83. The van der Waals surface area contributed by atoms with Crippen LogP contribution in [0.15, 0.2) is 54.6 Å². The van der Waals surface area contributed by atoms with E-state index in [2.05, 4.69) is 10.6 Å². The van der Waals surface area contributed by atoms with Crippen molar-refractivity contribution in [3.8, 4) is 0 Å². The fourth-order valence-electron chi connectivity index (χ4n) is 1.80. The molecule has 2 rings (SSSR count). The van der Waals surface area contributed by atoms with Crippen molar-refractivity contribution in [2.75, 3.05) is 31.4 Å². The van der Waals surface area contributed by atoms with Crippen molar-refractivity contribution >= 4 is 17.3 Å². The molecule has 1 amide bonds. The fraction of sp³-hybridized carbons (Fsp3) is 0.188. The number of para-hydroxylation sites is 2. The van der Waals surface area contributed by atoms with Crippen LogP contribution < -0.4 is 10.6 Å². The molecule has 4 nitrogen and oxygen atoms in total. The number of benzene rings is 2. The molecule has 0 unspecified atom stereocenters. The maximum absolute atomic E-state index is 12.3. The Morgan fingerprint density at radius 2 is 1.65 bits per heavy atom. The molecule has 0 aliphatic heterocycles. The molecule has 0 aliphatic rings. The number of nitrogens with one attached hydrogen (secondary N) is 2. The van der Waals surface area contributed by atoms with Crippen LogP contribution in [0.3, 0.4) is 0 Å². The summed E-state index contributed by atoms with van der Waals surface area (Å²) in [6, 6.07) is 16.9. The first-order chi connectivity index (χ1) is 9.66. The van der Waals surface area contributed by atoms with Gasteiger partial charge in [0.2, 0.25) is 0 Å². The van der Waals surface area contributed by atoms with Crippen LogP contribution in [0.25, 0.3) is 0 Å². The van der Waals surface area contributed by atoms with Gasteiger partial charge >= 0.3 is 0 Å². The Labute approximate surface area is 119 Å². The van der Waals surface area contributed by atoms with Crippen LogP contribution in [0.5, 0.6) is 0 Å². The molecule has 0 heterocycles. The smallest absolute Gasteiger partial charge is 0.257 e. The third-order valence-corrected chi connectivity index (χ3v) is 2.79. The summed E-state index contributed by atoms with van der Waals surface area (Å²) in [6.45, 7) is 0.676. The number of amides is 1. The molecule has 0 atom stereocenters. The van der Waals surface area contributed by atoms with Gasteiger partial charge in [-0.05, 0) is 38.4 Å². The van der Waals surface area contributed by atoms with Gasteiger partial charge in [0.1, 0.15) is 0 Å². The Balaban J connectivity index is 2.13. The third-order valence-electron chi connectivity index (χ3n) is 2.79. The first-order valence-electron chi connectivity index (χ1n) is 6.51. The lowest BCUT2D eigenvalue weighted by Crippen LogP contribution is -2.22. The molecule has 20 heavy (non-hydrogen) atoms. The summed E-state index contributed by atoms with van der Waals surface area (Å²) < 4.78 is 0. The summed E-state index contributed by atoms with van der Waals surface area (Å²) >= 11 is 0. The predicted octanol–water partition coefficient (Wildman–Crippen LogP) is 2.87. The number of carbonyl (C=O) groups excluding carboxylic acids is 1. The molecule has 0 saturated heterocycles. The summed E-state index contributed by atoms with van der Waals surface area (Å²) in [5.41, 5.74) is 2.26. The highest BCUT2D eigenvalue weighted by Crippen LogP contribution is 2.17. The van der Waals surface area contributed by atoms with Crippen LogP contribution in [0.2, 0.25) is 0 Å². The first-order valence-corrected chi connectivity index (χ1v) is 6.51. The van der Waals surface area contributed by atoms with Crippen molar-refractivity contribution in [3.63, 3.8) is 0 Å². The average molecular weight is 269 g/mol. The molecule has 4 heteroatoms. The Morgan fingerprint density at radius 1 is 1.00 bits per heavy atom. The Hall–Kier alpha value is -2.33. The second kappa shape index (κ2) is 6.73. The molecule has 0 saturated carbocycles. The lowest BCUT2D eigenvalue weighted by atomic mass is 10.1. The highest BCUT2D eigenvalue weighted by molar-refractivity contribution is 6.08. The van der Waals surface area contributed by atoms with Gasteiger partial charge in [0.15, 0.2) is 0 Å². The van der Waals surface area contributed by atoms with Gasteiger partial charge < -0.3 is 10.6 Å². The number of rotatable bonds is 5. The largest absolute Gasteiger partial charge is 0.372 e. The molecular weight excluding hydrogens is 250 g/mol. The van der Waals surface area contributed by atoms with E-state index in [0.29, 0.717) is 12.2 Å². The average Bonchev–Trinajstić information content (AvgIpc) is 2.46. The highest BCUT2D eigenvalue weighted by atomic mass is 16.1. The van der Waals surface area contributed by atoms with Gasteiger partial charge in [-0.1, -0.05) is 30.3 Å². The molecule has 0 bridgehead atoms. The molecule has 0 aliphatic carbocycles. The molecule has 0 spiro atoms. The number of hydrogen-bond donors (Lipinski definition) is 2. The molecule has 104 valence electrons. The summed E-state index contributed by atoms with van der Waals surface area (Å²) in [5, 5.41) is 6.14. The van der Waals surface area contributed by atoms with Crippen LogP contribution in [0.1, 0.15) is 10.4 Å². The maximum Gasteiger partial charge on any atom is 0.257 e. The van der Waals surface area contributed by atoms with Crippen LogP contribution in [-0.4, -0.2) is 31.6 Å². The zero-order valence-corrected chi connectivity index (χ0v) is 11.8. The van der Waals surface area contributed by atoms with E-state index in [1.165, 1.54) is 0 Å². The summed E-state index contributed by atoms with van der Waals surface area (Å²) in [4.78, 5) is 14.3. The monoisotopic (exact) mass is 269 g/mol. The molecule has 0 radical (unpaired) electrons. The molecule has 2 aromatic carbocycles. The van der Waals surface area contributed by atoms with Crippen LogP contribution in [0.4, 0.5) is 11.4 Å². The Bertz CT molecular complexity index is 567. The zero-order chi connectivity index (χ0) is 14.4. The van der Waals surface area contributed by atoms with Crippen LogP contribution in [0, 0.1) is 0 Å². The van der Waals surface area contributed by atoms with E-state index in [1.54, 1.807) is 0 Å². The molecule has 0 fully saturated rings. The summed E-state index contributed by atoms with van der Waals surface area (Å²) in [6.07, 6.45) is 0. The summed E-state index contributed by atoms with van der Waals surface area (Å²) in [5.74, 6) is -0.113. The summed E-state index contributed by atoms with van der Waals surface area (Å²) in [7, 11) is 3.94. The van der Waals surface area contributed by atoms with Gasteiger partial charge in [0.25, 0.3) is 5.91 Å². The fourth-order valence-corrected chi connectivity index (χ4v) is 1.80. The van der Waals surface area contributed by atoms with Crippen molar-refractivity contribution in [2.45, 2.75) is 0 Å². The van der Waals surface area contributed by atoms with Gasteiger partial charge in [-0.15, -0.1) is 0 Å². The maximum atomic E-state index is 12.3. The number of anilines is 2. The molecular formula is C16H19N3O. The van der Waals surface area contributed by atoms with E-state index < -0.39 is 0 Å². The van der Waals surface area contributed by atoms with E-state index in [-0.39, 0.29) is 5.91 Å². The van der Waals surface area contributed by atoms with Gasteiger partial charge in [-0.3, -0.25) is 9.69 Å². The van der Waals surface area contributed by atoms with E-state index in [9.17, 15) is 4.79 Å².